The molecule has 3 N–H and O–H groups in total. The highest BCUT2D eigenvalue weighted by Gasteiger charge is 2.11. The lowest BCUT2D eigenvalue weighted by molar-refractivity contribution is -0.116. The van der Waals surface area contributed by atoms with Gasteiger partial charge in [-0.15, -0.1) is 0 Å². The SMILES string of the molecule is CCCNCc1cc(C)ccc1N(CC)CC(N)=O. The van der Waals surface area contributed by atoms with Crippen LogP contribution >= 0.6 is 0 Å². The molecule has 106 valence electrons. The minimum atomic E-state index is -0.296. The fraction of sp³-hybridized carbons (Fsp3) is 0.533. The van der Waals surface area contributed by atoms with E-state index in [0.29, 0.717) is 0 Å². The number of carbonyl (C=O) groups excluding carboxylic acids is 1. The minimum absolute atomic E-state index is 0.264. The average molecular weight is 263 g/mol. The number of nitrogens with one attached hydrogen (secondary N) is 1. The number of hydrogen-bond acceptors (Lipinski definition) is 3. The summed E-state index contributed by atoms with van der Waals surface area (Å²) in [6.07, 6.45) is 1.11. The number of nitrogens with two attached hydrogens (primary N) is 1. The lowest BCUT2D eigenvalue weighted by Crippen LogP contribution is -2.34. The number of aryl methyl sites for hydroxylation is 1. The van der Waals surface area contributed by atoms with Crippen molar-refractivity contribution in [2.75, 3.05) is 24.5 Å². The largest absolute Gasteiger partial charge is 0.368 e. The van der Waals surface area contributed by atoms with Gasteiger partial charge in [0.15, 0.2) is 0 Å². The summed E-state index contributed by atoms with van der Waals surface area (Å²) < 4.78 is 0. The van der Waals surface area contributed by atoms with Crippen molar-refractivity contribution in [3.05, 3.63) is 29.3 Å². The maximum absolute atomic E-state index is 11.1. The monoisotopic (exact) mass is 263 g/mol. The number of likely N-dealkylation sites (N-methyl/N-ethyl adjacent to an activating group) is 1. The van der Waals surface area contributed by atoms with E-state index < -0.39 is 0 Å². The van der Waals surface area contributed by atoms with Gasteiger partial charge in [0.25, 0.3) is 0 Å². The van der Waals surface area contributed by atoms with E-state index in [4.69, 9.17) is 5.73 Å². The molecule has 0 aliphatic rings. The number of primary amides is 1. The molecular weight excluding hydrogens is 238 g/mol. The maximum atomic E-state index is 11.1. The van der Waals surface area contributed by atoms with Gasteiger partial charge < -0.3 is 16.0 Å². The molecule has 0 radical (unpaired) electrons. The van der Waals surface area contributed by atoms with Crippen LogP contribution in [0.1, 0.15) is 31.4 Å². The number of hydrogen-bond donors (Lipinski definition) is 2. The van der Waals surface area contributed by atoms with E-state index in [9.17, 15) is 4.79 Å². The maximum Gasteiger partial charge on any atom is 0.236 e. The highest BCUT2D eigenvalue weighted by Crippen LogP contribution is 2.21. The van der Waals surface area contributed by atoms with Gasteiger partial charge >= 0.3 is 0 Å². The van der Waals surface area contributed by atoms with Crippen molar-refractivity contribution in [3.8, 4) is 0 Å². The summed E-state index contributed by atoms with van der Waals surface area (Å²) >= 11 is 0. The van der Waals surface area contributed by atoms with Crippen LogP contribution in [0.5, 0.6) is 0 Å². The Labute approximate surface area is 116 Å². The van der Waals surface area contributed by atoms with Crippen LogP contribution in [0.25, 0.3) is 0 Å². The van der Waals surface area contributed by atoms with Gasteiger partial charge in [0, 0.05) is 18.8 Å². The molecular formula is C15H25N3O. The Kier molecular flexibility index (Phi) is 6.36. The molecule has 1 aromatic carbocycles. The molecule has 1 amide bonds. The van der Waals surface area contributed by atoms with Gasteiger partial charge in [-0.25, -0.2) is 0 Å². The van der Waals surface area contributed by atoms with Crippen molar-refractivity contribution in [3.63, 3.8) is 0 Å². The fourth-order valence-corrected chi connectivity index (χ4v) is 2.12. The summed E-state index contributed by atoms with van der Waals surface area (Å²) in [4.78, 5) is 13.2. The third-order valence-electron chi connectivity index (χ3n) is 3.05. The molecule has 0 unspecified atom stereocenters. The summed E-state index contributed by atoms with van der Waals surface area (Å²) in [6, 6.07) is 6.31. The van der Waals surface area contributed by atoms with E-state index >= 15 is 0 Å². The van der Waals surface area contributed by atoms with Gasteiger partial charge in [0.2, 0.25) is 5.91 Å². The molecule has 0 aliphatic carbocycles. The molecule has 0 saturated heterocycles. The van der Waals surface area contributed by atoms with Crippen LogP contribution in [-0.4, -0.2) is 25.5 Å². The van der Waals surface area contributed by atoms with Crippen LogP contribution in [-0.2, 0) is 11.3 Å². The van der Waals surface area contributed by atoms with Crippen molar-refractivity contribution < 1.29 is 4.79 Å². The molecule has 19 heavy (non-hydrogen) atoms. The average Bonchev–Trinajstić information content (AvgIpc) is 2.37. The van der Waals surface area contributed by atoms with Crippen molar-refractivity contribution in [1.29, 1.82) is 0 Å². The van der Waals surface area contributed by atoms with Gasteiger partial charge in [0.1, 0.15) is 0 Å². The number of nitrogens with zero attached hydrogens (tertiary/aromatic N) is 1. The molecule has 0 saturated carbocycles. The predicted octanol–water partition coefficient (Wildman–Crippen LogP) is 1.81. The zero-order chi connectivity index (χ0) is 14.3. The smallest absolute Gasteiger partial charge is 0.236 e. The lowest BCUT2D eigenvalue weighted by Gasteiger charge is -2.25. The highest BCUT2D eigenvalue weighted by atomic mass is 16.1. The van der Waals surface area contributed by atoms with Gasteiger partial charge in [-0.05, 0) is 38.4 Å². The summed E-state index contributed by atoms with van der Waals surface area (Å²) in [5.74, 6) is -0.296. The Morgan fingerprint density at radius 1 is 1.37 bits per heavy atom. The van der Waals surface area contributed by atoms with Crippen molar-refractivity contribution in [2.45, 2.75) is 33.7 Å². The van der Waals surface area contributed by atoms with Gasteiger partial charge in [-0.3, -0.25) is 4.79 Å². The predicted molar refractivity (Wildman–Crippen MR) is 80.3 cm³/mol. The van der Waals surface area contributed by atoms with E-state index in [0.717, 1.165) is 31.7 Å². The van der Waals surface area contributed by atoms with Gasteiger partial charge in [-0.1, -0.05) is 24.6 Å². The Balaban J connectivity index is 2.92. The molecule has 0 aromatic heterocycles. The van der Waals surface area contributed by atoms with Crippen LogP contribution in [0.2, 0.25) is 0 Å². The first-order valence-corrected chi connectivity index (χ1v) is 6.92. The minimum Gasteiger partial charge on any atom is -0.368 e. The van der Waals surface area contributed by atoms with Crippen molar-refractivity contribution in [1.82, 2.24) is 5.32 Å². The summed E-state index contributed by atoms with van der Waals surface area (Å²) in [6.45, 7) is 9.11. The molecule has 0 fully saturated rings. The Bertz CT molecular complexity index is 418. The van der Waals surface area contributed by atoms with Crippen LogP contribution in [0.4, 0.5) is 5.69 Å². The van der Waals surface area contributed by atoms with E-state index in [1.807, 2.05) is 11.8 Å². The van der Waals surface area contributed by atoms with Gasteiger partial charge in [0.05, 0.1) is 6.54 Å². The third kappa shape index (κ3) is 4.91. The Morgan fingerprint density at radius 3 is 2.68 bits per heavy atom. The topological polar surface area (TPSA) is 58.4 Å². The number of carbonyl (C=O) groups is 1. The molecule has 4 heteroatoms. The third-order valence-corrected chi connectivity index (χ3v) is 3.05. The molecule has 1 aromatic rings. The Morgan fingerprint density at radius 2 is 2.11 bits per heavy atom. The number of anilines is 1. The molecule has 0 heterocycles. The quantitative estimate of drug-likeness (QED) is 0.703. The van der Waals surface area contributed by atoms with Crippen LogP contribution in [0, 0.1) is 6.92 Å². The number of amides is 1. The molecule has 0 aliphatic heterocycles. The molecule has 0 bridgehead atoms. The second-order valence-electron chi connectivity index (χ2n) is 4.79. The lowest BCUT2D eigenvalue weighted by atomic mass is 10.1. The normalized spacial score (nSPS) is 10.5. The number of benzene rings is 1. The second kappa shape index (κ2) is 7.79. The highest BCUT2D eigenvalue weighted by molar-refractivity contribution is 5.80. The van der Waals surface area contributed by atoms with Crippen LogP contribution < -0.4 is 16.0 Å². The zero-order valence-corrected chi connectivity index (χ0v) is 12.2. The fourth-order valence-electron chi connectivity index (χ4n) is 2.12. The van der Waals surface area contributed by atoms with Gasteiger partial charge in [-0.2, -0.15) is 0 Å². The summed E-state index contributed by atoms with van der Waals surface area (Å²) in [5.41, 5.74) is 8.85. The molecule has 4 nitrogen and oxygen atoms in total. The summed E-state index contributed by atoms with van der Waals surface area (Å²) in [5, 5.41) is 3.41. The Hall–Kier alpha value is -1.55. The van der Waals surface area contributed by atoms with Crippen molar-refractivity contribution in [2.24, 2.45) is 5.73 Å². The van der Waals surface area contributed by atoms with E-state index in [-0.39, 0.29) is 12.5 Å². The molecule has 0 atom stereocenters. The number of rotatable bonds is 8. The standard InChI is InChI=1S/C15H25N3O/c1-4-8-17-10-13-9-12(3)6-7-14(13)18(5-2)11-15(16)19/h6-7,9,17H,4-5,8,10-11H2,1-3H3,(H2,16,19). The first-order chi connectivity index (χ1) is 9.08. The van der Waals surface area contributed by atoms with E-state index in [1.165, 1.54) is 11.1 Å². The first-order valence-electron chi connectivity index (χ1n) is 6.92. The van der Waals surface area contributed by atoms with E-state index in [2.05, 4.69) is 37.4 Å². The molecule has 0 spiro atoms. The zero-order valence-electron chi connectivity index (χ0n) is 12.2. The van der Waals surface area contributed by atoms with Crippen LogP contribution in [0.15, 0.2) is 18.2 Å². The summed E-state index contributed by atoms with van der Waals surface area (Å²) in [7, 11) is 0. The second-order valence-corrected chi connectivity index (χ2v) is 4.79. The van der Waals surface area contributed by atoms with E-state index in [1.54, 1.807) is 0 Å². The van der Waals surface area contributed by atoms with Crippen molar-refractivity contribution >= 4 is 11.6 Å². The first kappa shape index (κ1) is 15.5. The molecule has 1 rings (SSSR count). The van der Waals surface area contributed by atoms with Crippen LogP contribution in [0.3, 0.4) is 0 Å².